The predicted octanol–water partition coefficient (Wildman–Crippen LogP) is 5.16. The van der Waals surface area contributed by atoms with Crippen LogP contribution in [0.5, 0.6) is 0 Å². The van der Waals surface area contributed by atoms with Gasteiger partial charge in [0.1, 0.15) is 0 Å². The Bertz CT molecular complexity index is 1480. The first-order chi connectivity index (χ1) is 17.3. The van der Waals surface area contributed by atoms with Gasteiger partial charge in [0.15, 0.2) is 11.6 Å². The smallest absolute Gasteiger partial charge is 0.257 e. The molecule has 1 aromatic carbocycles. The molecule has 4 heterocycles. The highest BCUT2D eigenvalue weighted by Gasteiger charge is 2.41. The molecule has 1 saturated heterocycles. The molecule has 0 atom stereocenters. The minimum absolute atomic E-state index is 0.209. The van der Waals surface area contributed by atoms with Crippen LogP contribution in [-0.4, -0.2) is 46.2 Å². The first kappa shape index (κ1) is 22.8. The minimum atomic E-state index is -0.370. The number of rotatable bonds is 5. The molecule has 0 radical (unpaired) electrons. The van der Waals surface area contributed by atoms with Crippen molar-refractivity contribution in [1.82, 2.24) is 14.0 Å². The molecule has 8 heteroatoms. The van der Waals surface area contributed by atoms with Crippen LogP contribution in [0.15, 0.2) is 49.1 Å². The van der Waals surface area contributed by atoms with Gasteiger partial charge >= 0.3 is 0 Å². The number of imidazole rings is 1. The van der Waals surface area contributed by atoms with Gasteiger partial charge in [-0.2, -0.15) is 4.39 Å². The zero-order valence-corrected chi connectivity index (χ0v) is 20.8. The van der Waals surface area contributed by atoms with Crippen molar-refractivity contribution in [3.63, 3.8) is 0 Å². The number of nitrogens with zero attached hydrogens (tertiary/aromatic N) is 4. The molecule has 2 aliphatic rings. The van der Waals surface area contributed by atoms with Gasteiger partial charge in [0, 0.05) is 60.7 Å². The number of nitrogens with one attached hydrogen (secondary N) is 1. The van der Waals surface area contributed by atoms with Crippen LogP contribution >= 0.6 is 0 Å². The fourth-order valence-electron chi connectivity index (χ4n) is 5.09. The van der Waals surface area contributed by atoms with Crippen molar-refractivity contribution < 1.29 is 13.9 Å². The molecule has 0 unspecified atom stereocenters. The lowest BCUT2D eigenvalue weighted by Crippen LogP contribution is -2.36. The standard InChI is InChI=1S/C28H30FN5O2/c1-18-12-19(2)23(31-27(35)21-14-25(29)34(17-21)28(3)4-5-28)15-22(18)20-13-24(32-8-10-36-11-9-32)26-30-6-7-33(26)16-20/h6-7,12-17H,4-5,8-11H2,1-3H3,(H,31,35). The third-order valence-electron chi connectivity index (χ3n) is 7.54. The predicted molar refractivity (Wildman–Crippen MR) is 138 cm³/mol. The van der Waals surface area contributed by atoms with Crippen molar-refractivity contribution in [2.45, 2.75) is 39.2 Å². The maximum Gasteiger partial charge on any atom is 0.257 e. The molecular weight excluding hydrogens is 457 g/mol. The Morgan fingerprint density at radius 1 is 1.08 bits per heavy atom. The van der Waals surface area contributed by atoms with E-state index in [1.165, 1.54) is 6.07 Å². The van der Waals surface area contributed by atoms with Gasteiger partial charge in [0.05, 0.1) is 24.5 Å². The Kier molecular flexibility index (Phi) is 5.37. The number of carbonyl (C=O) groups excluding carboxylic acids is 1. The van der Waals surface area contributed by atoms with Gasteiger partial charge in [0.2, 0.25) is 0 Å². The summed E-state index contributed by atoms with van der Waals surface area (Å²) in [6, 6.07) is 7.58. The van der Waals surface area contributed by atoms with Crippen LogP contribution < -0.4 is 10.2 Å². The Balaban J connectivity index is 1.35. The van der Waals surface area contributed by atoms with Gasteiger partial charge in [-0.15, -0.1) is 0 Å². The summed E-state index contributed by atoms with van der Waals surface area (Å²) >= 11 is 0. The number of hydrogen-bond donors (Lipinski definition) is 1. The fourth-order valence-corrected chi connectivity index (χ4v) is 5.09. The number of fused-ring (bicyclic) bond motifs is 1. The Morgan fingerprint density at radius 3 is 2.61 bits per heavy atom. The third kappa shape index (κ3) is 3.95. The summed E-state index contributed by atoms with van der Waals surface area (Å²) in [4.78, 5) is 20.0. The van der Waals surface area contributed by atoms with Gasteiger partial charge in [-0.3, -0.25) is 4.79 Å². The van der Waals surface area contributed by atoms with E-state index in [1.54, 1.807) is 10.8 Å². The summed E-state index contributed by atoms with van der Waals surface area (Å²) < 4.78 is 23.7. The summed E-state index contributed by atoms with van der Waals surface area (Å²) in [6.07, 6.45) is 9.31. The second-order valence-electron chi connectivity index (χ2n) is 10.2. The molecule has 7 nitrogen and oxygen atoms in total. The Hall–Kier alpha value is -3.65. The quantitative estimate of drug-likeness (QED) is 0.423. The van der Waals surface area contributed by atoms with Crippen LogP contribution in [0.2, 0.25) is 0 Å². The fraction of sp³-hybridized carbons (Fsp3) is 0.357. The van der Waals surface area contributed by atoms with Crippen molar-refractivity contribution in [3.05, 3.63) is 71.7 Å². The van der Waals surface area contributed by atoms with E-state index < -0.39 is 0 Å². The Morgan fingerprint density at radius 2 is 1.86 bits per heavy atom. The van der Waals surface area contributed by atoms with Gasteiger partial charge in [-0.05, 0) is 62.4 Å². The topological polar surface area (TPSA) is 63.8 Å². The summed E-state index contributed by atoms with van der Waals surface area (Å²) in [6.45, 7) is 9.08. The summed E-state index contributed by atoms with van der Waals surface area (Å²) in [7, 11) is 0. The molecule has 1 aliphatic carbocycles. The SMILES string of the molecule is Cc1cc(C)c(-c2cc(N3CCOCC3)c3nccn3c2)cc1NC(=O)c1cc(F)n(C2(C)CC2)c1. The minimum Gasteiger partial charge on any atom is -0.378 e. The molecule has 1 N–H and O–H groups in total. The number of aryl methyl sites for hydroxylation is 2. The van der Waals surface area contributed by atoms with Crippen molar-refractivity contribution in [2.75, 3.05) is 36.5 Å². The number of anilines is 2. The van der Waals surface area contributed by atoms with Gasteiger partial charge in [0.25, 0.3) is 5.91 Å². The molecule has 1 saturated carbocycles. The number of morpholine rings is 1. The number of amides is 1. The molecule has 3 aromatic heterocycles. The molecule has 4 aromatic rings. The zero-order valence-electron chi connectivity index (χ0n) is 20.8. The molecule has 1 amide bonds. The van der Waals surface area contributed by atoms with Crippen LogP contribution in [0.3, 0.4) is 0 Å². The lowest BCUT2D eigenvalue weighted by molar-refractivity contribution is 0.102. The Labute approximate surface area is 209 Å². The molecule has 6 rings (SSSR count). The molecule has 36 heavy (non-hydrogen) atoms. The summed E-state index contributed by atoms with van der Waals surface area (Å²) in [5, 5.41) is 3.02. The average Bonchev–Trinajstić information content (AvgIpc) is 3.25. The largest absolute Gasteiger partial charge is 0.378 e. The van der Waals surface area contributed by atoms with Crippen LogP contribution in [0, 0.1) is 19.8 Å². The molecular formula is C28H30FN5O2. The molecule has 0 spiro atoms. The molecule has 0 bridgehead atoms. The highest BCUT2D eigenvalue weighted by Crippen LogP contribution is 2.44. The monoisotopic (exact) mass is 487 g/mol. The first-order valence-electron chi connectivity index (χ1n) is 12.4. The van der Waals surface area contributed by atoms with E-state index in [0.717, 1.165) is 59.5 Å². The molecule has 1 aliphatic heterocycles. The number of aromatic nitrogens is 3. The van der Waals surface area contributed by atoms with E-state index in [-0.39, 0.29) is 17.4 Å². The van der Waals surface area contributed by atoms with Crippen molar-refractivity contribution in [1.29, 1.82) is 0 Å². The average molecular weight is 488 g/mol. The lowest BCUT2D eigenvalue weighted by atomic mass is 9.97. The van der Waals surface area contributed by atoms with Gasteiger partial charge < -0.3 is 23.9 Å². The number of halogens is 1. The van der Waals surface area contributed by atoms with Crippen LogP contribution in [0.1, 0.15) is 41.3 Å². The number of carbonyl (C=O) groups is 1. The van der Waals surface area contributed by atoms with Crippen molar-refractivity contribution >= 4 is 22.9 Å². The van der Waals surface area contributed by atoms with E-state index in [4.69, 9.17) is 4.74 Å². The number of benzene rings is 1. The summed E-state index contributed by atoms with van der Waals surface area (Å²) in [5.74, 6) is -0.681. The van der Waals surface area contributed by atoms with Crippen molar-refractivity contribution in [3.8, 4) is 11.1 Å². The van der Waals surface area contributed by atoms with Crippen LogP contribution in [-0.2, 0) is 10.3 Å². The van der Waals surface area contributed by atoms with E-state index in [9.17, 15) is 9.18 Å². The maximum atomic E-state index is 14.5. The van der Waals surface area contributed by atoms with Crippen LogP contribution in [0.25, 0.3) is 16.8 Å². The number of pyridine rings is 1. The zero-order chi connectivity index (χ0) is 25.0. The highest BCUT2D eigenvalue weighted by atomic mass is 19.1. The summed E-state index contributed by atoms with van der Waals surface area (Å²) in [5.41, 5.74) is 6.93. The van der Waals surface area contributed by atoms with E-state index in [2.05, 4.69) is 40.5 Å². The van der Waals surface area contributed by atoms with Crippen molar-refractivity contribution in [2.24, 2.45) is 0 Å². The molecule has 186 valence electrons. The van der Waals surface area contributed by atoms with Gasteiger partial charge in [-0.25, -0.2) is 4.98 Å². The first-order valence-corrected chi connectivity index (χ1v) is 12.4. The van der Waals surface area contributed by atoms with E-state index >= 15 is 0 Å². The highest BCUT2D eigenvalue weighted by molar-refractivity contribution is 6.05. The number of hydrogen-bond acceptors (Lipinski definition) is 4. The molecule has 2 fully saturated rings. The second-order valence-corrected chi connectivity index (χ2v) is 10.2. The lowest BCUT2D eigenvalue weighted by Gasteiger charge is -2.29. The van der Waals surface area contributed by atoms with E-state index in [0.29, 0.717) is 24.5 Å². The second kappa shape index (κ2) is 8.48. The normalized spacial score (nSPS) is 16.9. The van der Waals surface area contributed by atoms with Gasteiger partial charge in [-0.1, -0.05) is 6.07 Å². The van der Waals surface area contributed by atoms with E-state index in [1.807, 2.05) is 36.7 Å². The van der Waals surface area contributed by atoms with Crippen LogP contribution in [0.4, 0.5) is 15.8 Å². The maximum absolute atomic E-state index is 14.5. The number of ether oxygens (including phenoxy) is 1. The third-order valence-corrected chi connectivity index (χ3v) is 7.54.